The average Bonchev–Trinajstić information content (AvgIpc) is 3.40. The number of sulfonamides is 1. The number of epoxide rings is 4. The fraction of sp³-hybridized carbons (Fsp3) is 0.667. The van der Waals surface area contributed by atoms with Gasteiger partial charge in [0, 0.05) is 19.3 Å². The van der Waals surface area contributed by atoms with Crippen LogP contribution in [0.3, 0.4) is 0 Å². The van der Waals surface area contributed by atoms with Gasteiger partial charge < -0.3 is 18.9 Å². The maximum Gasteiger partial charge on any atom is 0.255 e. The Morgan fingerprint density at radius 1 is 0.852 bits per heavy atom. The lowest BCUT2D eigenvalue weighted by atomic mass is 9.92. The van der Waals surface area contributed by atoms with Crippen molar-refractivity contribution in [2.75, 3.05) is 33.0 Å². The Labute approximate surface area is 158 Å². The molecular weight excluding hydrogens is 372 g/mol. The van der Waals surface area contributed by atoms with E-state index in [1.54, 1.807) is 6.07 Å². The molecule has 0 amide bonds. The van der Waals surface area contributed by atoms with Gasteiger partial charge in [0.2, 0.25) is 0 Å². The number of hydrogen-bond acceptors (Lipinski definition) is 7. The third-order valence-electron chi connectivity index (χ3n) is 5.38. The predicted octanol–water partition coefficient (Wildman–Crippen LogP) is -0.226. The highest BCUT2D eigenvalue weighted by Crippen LogP contribution is 2.34. The number of ether oxygens (including phenoxy) is 4. The predicted molar refractivity (Wildman–Crippen MR) is 94.6 cm³/mol. The van der Waals surface area contributed by atoms with Gasteiger partial charge in [-0.3, -0.25) is 5.84 Å². The second-order valence-corrected chi connectivity index (χ2v) is 9.55. The molecule has 0 aromatic heterocycles. The molecule has 4 aliphatic heterocycles. The highest BCUT2D eigenvalue weighted by molar-refractivity contribution is 7.89. The molecule has 2 N–H and O–H groups in total. The van der Waals surface area contributed by atoms with Gasteiger partial charge >= 0.3 is 0 Å². The van der Waals surface area contributed by atoms with E-state index in [0.717, 1.165) is 40.7 Å². The van der Waals surface area contributed by atoms with E-state index in [2.05, 4.69) is 0 Å². The molecule has 27 heavy (non-hydrogen) atoms. The van der Waals surface area contributed by atoms with Crippen molar-refractivity contribution in [1.82, 2.24) is 4.41 Å². The third kappa shape index (κ3) is 4.19. The quantitative estimate of drug-likeness (QED) is 0.330. The maximum atomic E-state index is 13.2. The largest absolute Gasteiger partial charge is 0.373 e. The van der Waals surface area contributed by atoms with Crippen molar-refractivity contribution >= 4 is 10.0 Å². The van der Waals surface area contributed by atoms with Gasteiger partial charge in [0.15, 0.2) is 0 Å². The van der Waals surface area contributed by atoms with Gasteiger partial charge in [-0.2, -0.15) is 0 Å². The van der Waals surface area contributed by atoms with E-state index in [1.165, 1.54) is 0 Å². The summed E-state index contributed by atoms with van der Waals surface area (Å²) < 4.78 is 48.6. The third-order valence-corrected chi connectivity index (χ3v) is 7.08. The smallest absolute Gasteiger partial charge is 0.255 e. The Kier molecular flexibility index (Phi) is 4.51. The van der Waals surface area contributed by atoms with Crippen LogP contribution in [0.15, 0.2) is 17.0 Å². The van der Waals surface area contributed by atoms with Gasteiger partial charge in [-0.05, 0) is 22.8 Å². The van der Waals surface area contributed by atoms with E-state index in [1.807, 2.05) is 6.07 Å². The van der Waals surface area contributed by atoms with Crippen LogP contribution in [-0.4, -0.2) is 70.2 Å². The zero-order chi connectivity index (χ0) is 18.6. The van der Waals surface area contributed by atoms with Gasteiger partial charge in [-0.15, -0.1) is 4.41 Å². The van der Waals surface area contributed by atoms with E-state index < -0.39 is 10.0 Å². The molecule has 0 saturated carbocycles. The lowest BCUT2D eigenvalue weighted by Crippen LogP contribution is -2.40. The molecule has 0 spiro atoms. The summed E-state index contributed by atoms with van der Waals surface area (Å²) in [5, 5.41) is 0. The lowest BCUT2D eigenvalue weighted by Gasteiger charge is -2.22. The SMILES string of the molecule is NN(CC1CO1)S(=O)(=O)c1ccc(CC2CO2)c(CC2CO2)c1CC1CO1. The molecule has 0 aliphatic carbocycles. The Morgan fingerprint density at radius 3 is 1.93 bits per heavy atom. The molecule has 4 unspecified atom stereocenters. The molecule has 1 aromatic rings. The molecule has 148 valence electrons. The fourth-order valence-corrected chi connectivity index (χ4v) is 4.86. The van der Waals surface area contributed by atoms with Crippen LogP contribution in [0, 0.1) is 0 Å². The van der Waals surface area contributed by atoms with Crippen LogP contribution >= 0.6 is 0 Å². The Bertz CT molecular complexity index is 828. The van der Waals surface area contributed by atoms with Crippen LogP contribution in [0.1, 0.15) is 16.7 Å². The van der Waals surface area contributed by atoms with Crippen molar-refractivity contribution in [3.05, 3.63) is 28.8 Å². The summed E-state index contributed by atoms with van der Waals surface area (Å²) in [6.07, 6.45) is 2.44. The minimum Gasteiger partial charge on any atom is -0.373 e. The number of hydrogen-bond donors (Lipinski definition) is 1. The summed E-state index contributed by atoms with van der Waals surface area (Å²) in [5.74, 6) is 5.92. The molecule has 5 rings (SSSR count). The van der Waals surface area contributed by atoms with E-state index in [-0.39, 0.29) is 35.9 Å². The van der Waals surface area contributed by atoms with Crippen molar-refractivity contribution in [3.8, 4) is 0 Å². The zero-order valence-corrected chi connectivity index (χ0v) is 15.8. The summed E-state index contributed by atoms with van der Waals surface area (Å²) in [7, 11) is -3.81. The Balaban J connectivity index is 1.53. The molecule has 4 saturated heterocycles. The van der Waals surface area contributed by atoms with Crippen molar-refractivity contribution in [3.63, 3.8) is 0 Å². The molecular formula is C18H24N2O6S. The minimum absolute atomic E-state index is 0.0724. The number of rotatable bonds is 10. The van der Waals surface area contributed by atoms with Crippen LogP contribution in [-0.2, 0) is 48.2 Å². The van der Waals surface area contributed by atoms with Crippen LogP contribution in [0.5, 0.6) is 0 Å². The van der Waals surface area contributed by atoms with Gasteiger partial charge in [-0.25, -0.2) is 8.42 Å². The minimum atomic E-state index is -3.81. The normalized spacial score (nSPS) is 31.2. The van der Waals surface area contributed by atoms with Crippen LogP contribution < -0.4 is 5.84 Å². The van der Waals surface area contributed by atoms with Crippen LogP contribution in [0.4, 0.5) is 0 Å². The summed E-state index contributed by atoms with van der Waals surface area (Å²) in [6, 6.07) is 3.60. The molecule has 0 radical (unpaired) electrons. The van der Waals surface area contributed by atoms with E-state index in [9.17, 15) is 8.42 Å². The first kappa shape index (κ1) is 18.0. The summed E-state index contributed by atoms with van der Waals surface area (Å²) in [5.41, 5.74) is 3.01. The van der Waals surface area contributed by atoms with E-state index in [0.29, 0.717) is 26.1 Å². The molecule has 0 bridgehead atoms. The zero-order valence-electron chi connectivity index (χ0n) is 15.0. The second kappa shape index (κ2) is 6.77. The lowest BCUT2D eigenvalue weighted by molar-refractivity contribution is 0.340. The van der Waals surface area contributed by atoms with E-state index in [4.69, 9.17) is 24.8 Å². The van der Waals surface area contributed by atoms with Crippen molar-refractivity contribution in [2.45, 2.75) is 48.6 Å². The topological polar surface area (TPSA) is 114 Å². The van der Waals surface area contributed by atoms with Gasteiger partial charge in [-0.1, -0.05) is 6.07 Å². The molecule has 4 atom stereocenters. The molecule has 4 aliphatic rings. The summed E-state index contributed by atoms with van der Waals surface area (Å²) in [4.78, 5) is 0.275. The van der Waals surface area contributed by atoms with Gasteiger partial charge in [0.25, 0.3) is 10.0 Å². The first-order chi connectivity index (χ1) is 13.0. The Hall–Kier alpha value is -1.07. The Morgan fingerprint density at radius 2 is 1.37 bits per heavy atom. The van der Waals surface area contributed by atoms with Crippen molar-refractivity contribution in [1.29, 1.82) is 0 Å². The molecule has 1 aromatic carbocycles. The van der Waals surface area contributed by atoms with Crippen molar-refractivity contribution in [2.24, 2.45) is 5.84 Å². The van der Waals surface area contributed by atoms with Gasteiger partial charge in [0.05, 0.1) is 62.3 Å². The second-order valence-electron chi connectivity index (χ2n) is 7.69. The van der Waals surface area contributed by atoms with Crippen molar-refractivity contribution < 1.29 is 27.4 Å². The number of nitrogens with two attached hydrogens (primary N) is 1. The standard InChI is InChI=1S/C18H24N2O6S/c19-20(6-15-10-26-15)27(21,22)18-2-1-11(3-12-7-23-12)16(4-13-8-24-13)17(18)5-14-9-25-14/h1-2,12-15H,3-10,19H2. The van der Waals surface area contributed by atoms with Gasteiger partial charge in [0.1, 0.15) is 0 Å². The molecule has 8 nitrogen and oxygen atoms in total. The average molecular weight is 396 g/mol. The molecule has 9 heteroatoms. The molecule has 4 fully saturated rings. The maximum absolute atomic E-state index is 13.2. The highest BCUT2D eigenvalue weighted by Gasteiger charge is 2.37. The highest BCUT2D eigenvalue weighted by atomic mass is 32.2. The fourth-order valence-electron chi connectivity index (χ4n) is 3.49. The summed E-state index contributed by atoms with van der Waals surface area (Å²) >= 11 is 0. The van der Waals surface area contributed by atoms with Crippen LogP contribution in [0.25, 0.3) is 0 Å². The van der Waals surface area contributed by atoms with Crippen LogP contribution in [0.2, 0.25) is 0 Å². The van der Waals surface area contributed by atoms with E-state index >= 15 is 0 Å². The number of hydrazine groups is 1. The summed E-state index contributed by atoms with van der Waals surface area (Å²) in [6.45, 7) is 2.87. The number of nitrogens with zero attached hydrogens (tertiary/aromatic N) is 1. The first-order valence-electron chi connectivity index (χ1n) is 9.38. The number of benzene rings is 1. The molecule has 4 heterocycles. The monoisotopic (exact) mass is 396 g/mol. The first-order valence-corrected chi connectivity index (χ1v) is 10.8.